The molecule has 0 amide bonds. The second-order valence-corrected chi connectivity index (χ2v) is 22.1. The zero-order chi connectivity index (χ0) is 42.6. The Morgan fingerprint density at radius 3 is 1.52 bits per heavy atom. The van der Waals surface area contributed by atoms with Crippen molar-refractivity contribution in [2.75, 3.05) is 0 Å². The van der Waals surface area contributed by atoms with Gasteiger partial charge in [0.05, 0.1) is 49.8 Å². The van der Waals surface area contributed by atoms with Gasteiger partial charge < -0.3 is 9.13 Å². The van der Waals surface area contributed by atoms with E-state index in [-0.39, 0.29) is 63.7 Å². The van der Waals surface area contributed by atoms with Crippen LogP contribution in [0.2, 0.25) is 0 Å². The summed E-state index contributed by atoms with van der Waals surface area (Å²) in [6.07, 6.45) is 4.34. The highest BCUT2D eigenvalue weighted by atomic mass is 35.7. The van der Waals surface area contributed by atoms with Crippen LogP contribution in [0.4, 0.5) is 17.6 Å². The molecule has 0 aliphatic heterocycles. The number of hydrogen-bond acceptors (Lipinski definition) is 8. The van der Waals surface area contributed by atoms with Crippen LogP contribution in [0.25, 0.3) is 22.1 Å². The number of alkyl halides is 4. The second kappa shape index (κ2) is 15.6. The van der Waals surface area contributed by atoms with E-state index in [9.17, 15) is 39.2 Å². The van der Waals surface area contributed by atoms with Crippen molar-refractivity contribution in [3.63, 3.8) is 0 Å². The van der Waals surface area contributed by atoms with Crippen molar-refractivity contribution < 1.29 is 39.2 Å². The van der Waals surface area contributed by atoms with Gasteiger partial charge in [-0.2, -0.15) is 17.6 Å². The van der Waals surface area contributed by atoms with E-state index in [0.29, 0.717) is 56.1 Å². The van der Waals surface area contributed by atoms with Crippen LogP contribution in [0.1, 0.15) is 115 Å². The van der Waals surface area contributed by atoms with Gasteiger partial charge in [-0.15, -0.1) is 0 Å². The largest absolute Gasteiger partial charge is 0.327 e. The molecule has 0 spiro atoms. The van der Waals surface area contributed by atoms with Gasteiger partial charge in [0.2, 0.25) is 11.8 Å². The first-order valence-electron chi connectivity index (χ1n) is 19.2. The molecule has 2 saturated carbocycles. The molecule has 18 heteroatoms. The lowest BCUT2D eigenvalue weighted by Gasteiger charge is -2.30. The van der Waals surface area contributed by atoms with Gasteiger partial charge in [0, 0.05) is 60.3 Å². The van der Waals surface area contributed by atoms with Gasteiger partial charge >= 0.3 is 0 Å². The highest BCUT2D eigenvalue weighted by Gasteiger charge is 2.37. The molecule has 0 N–H and O–H groups in total. The molecule has 2 aliphatic carbocycles. The standard InChI is InChI=1S/C22H26F2N4O3S.C18H23ClF2N2O2S/c1-21(2,3)20-26-18-10-17(32(30,31)28-13-16(14-29)11-25-28)4-5-19(18)27(20)12-15-6-8-22(23,24)9-7-15;1-17(2,3)16-22-14-10-13(26(19,24)25)4-5-15(14)23(16)11-12-6-8-18(20,21)9-7-12/h4-5,10-11,13-15H,6-9,12H2,1-3H3;4-5,10,12H,6-9,11H2,1-3H3. The summed E-state index contributed by atoms with van der Waals surface area (Å²) >= 11 is 0. The van der Waals surface area contributed by atoms with Crippen molar-refractivity contribution in [3.8, 4) is 0 Å². The molecule has 2 fully saturated rings. The Bertz CT molecular complexity index is 2530. The van der Waals surface area contributed by atoms with E-state index >= 15 is 0 Å². The summed E-state index contributed by atoms with van der Waals surface area (Å²) in [7, 11) is -2.37. The summed E-state index contributed by atoms with van der Waals surface area (Å²) < 4.78 is 108. The average Bonchev–Trinajstić information content (AvgIpc) is 3.86. The van der Waals surface area contributed by atoms with Gasteiger partial charge in [0.1, 0.15) is 11.6 Å². The monoisotopic (exact) mass is 868 g/mol. The number of hydrogen-bond donors (Lipinski definition) is 0. The lowest BCUT2D eigenvalue weighted by molar-refractivity contribution is -0.0478. The Labute approximate surface area is 340 Å². The van der Waals surface area contributed by atoms with Gasteiger partial charge in [0.25, 0.3) is 19.1 Å². The molecule has 2 aliphatic rings. The fourth-order valence-electron chi connectivity index (χ4n) is 7.75. The summed E-state index contributed by atoms with van der Waals surface area (Å²) in [6.45, 7) is 13.3. The molecule has 0 bridgehead atoms. The van der Waals surface area contributed by atoms with Crippen LogP contribution in [-0.2, 0) is 43.0 Å². The highest BCUT2D eigenvalue weighted by Crippen LogP contribution is 2.40. The maximum Gasteiger partial charge on any atom is 0.283 e. The molecule has 3 aromatic heterocycles. The summed E-state index contributed by atoms with van der Waals surface area (Å²) in [6, 6.07) is 9.31. The third kappa shape index (κ3) is 9.62. The van der Waals surface area contributed by atoms with E-state index in [1.165, 1.54) is 30.5 Å². The first-order valence-corrected chi connectivity index (χ1v) is 23.0. The fourth-order valence-corrected chi connectivity index (χ4v) is 9.66. The predicted molar refractivity (Wildman–Crippen MR) is 214 cm³/mol. The summed E-state index contributed by atoms with van der Waals surface area (Å²) in [4.78, 5) is 20.3. The first kappa shape index (κ1) is 43.7. The van der Waals surface area contributed by atoms with E-state index in [4.69, 9.17) is 15.7 Å². The number of benzene rings is 2. The minimum Gasteiger partial charge on any atom is -0.327 e. The van der Waals surface area contributed by atoms with Crippen LogP contribution in [0, 0.1) is 11.8 Å². The van der Waals surface area contributed by atoms with E-state index < -0.39 is 30.9 Å². The smallest absolute Gasteiger partial charge is 0.283 e. The number of nitrogens with zero attached hydrogens (tertiary/aromatic N) is 6. The molecule has 11 nitrogen and oxygen atoms in total. The van der Waals surface area contributed by atoms with Crippen LogP contribution in [-0.4, -0.2) is 63.3 Å². The first-order chi connectivity index (χ1) is 26.8. The van der Waals surface area contributed by atoms with Crippen molar-refractivity contribution >= 4 is 58.1 Å². The lowest BCUT2D eigenvalue weighted by atomic mass is 9.86. The van der Waals surface area contributed by atoms with E-state index in [1.54, 1.807) is 12.1 Å². The summed E-state index contributed by atoms with van der Waals surface area (Å²) in [5.74, 6) is -3.27. The fraction of sp³-hybridized carbons (Fsp3) is 0.550. The zero-order valence-corrected chi connectivity index (χ0v) is 35.7. The maximum absolute atomic E-state index is 13.6. The third-order valence-electron chi connectivity index (χ3n) is 10.9. The number of fused-ring (bicyclic) bond motifs is 2. The molecular weight excluding hydrogens is 820 g/mol. The van der Waals surface area contributed by atoms with E-state index in [0.717, 1.165) is 33.0 Å². The van der Waals surface area contributed by atoms with Crippen LogP contribution in [0.5, 0.6) is 0 Å². The topological polar surface area (TPSA) is 139 Å². The van der Waals surface area contributed by atoms with Gasteiger partial charge in [0.15, 0.2) is 6.29 Å². The minimum absolute atomic E-state index is 0.00738. The van der Waals surface area contributed by atoms with Crippen LogP contribution >= 0.6 is 10.7 Å². The number of rotatable bonds is 8. The van der Waals surface area contributed by atoms with Gasteiger partial charge in [-0.25, -0.2) is 35.9 Å². The molecule has 0 saturated heterocycles. The van der Waals surface area contributed by atoms with Crippen molar-refractivity contribution in [1.29, 1.82) is 0 Å². The minimum atomic E-state index is -3.98. The summed E-state index contributed by atoms with van der Waals surface area (Å²) in [5, 5.41) is 3.78. The predicted octanol–water partition coefficient (Wildman–Crippen LogP) is 9.49. The molecular formula is C40H49ClF4N6O5S2. The third-order valence-corrected chi connectivity index (χ3v) is 13.8. The number of halogens is 5. The van der Waals surface area contributed by atoms with Crippen LogP contribution in [0.3, 0.4) is 0 Å². The van der Waals surface area contributed by atoms with Crippen molar-refractivity contribution in [3.05, 3.63) is 66.0 Å². The number of aromatic nitrogens is 6. The molecule has 0 atom stereocenters. The Hall–Kier alpha value is -3.83. The van der Waals surface area contributed by atoms with E-state index in [1.807, 2.05) is 50.7 Å². The average molecular weight is 869 g/mol. The molecule has 5 aromatic rings. The quantitative estimate of drug-likeness (QED) is 0.0854. The zero-order valence-electron chi connectivity index (χ0n) is 33.4. The van der Waals surface area contributed by atoms with E-state index in [2.05, 4.69) is 10.1 Å². The Kier molecular flexibility index (Phi) is 11.8. The SMILES string of the molecule is CC(C)(C)c1nc2cc(S(=O)(=O)Cl)ccc2n1CC1CCC(F)(F)CC1.CC(C)(C)c1nc2cc(S(=O)(=O)n3cc(C=O)cn3)ccc2n1CC1CCC(F)(F)CC1. The highest BCUT2D eigenvalue weighted by molar-refractivity contribution is 8.13. The number of imidazole rings is 2. The molecule has 0 radical (unpaired) electrons. The Morgan fingerprint density at radius 2 is 1.14 bits per heavy atom. The normalized spacial score (nSPS) is 18.3. The van der Waals surface area contributed by atoms with Crippen molar-refractivity contribution in [2.24, 2.45) is 11.8 Å². The lowest BCUT2D eigenvalue weighted by Crippen LogP contribution is -2.28. The molecule has 7 rings (SSSR count). The molecule has 0 unspecified atom stereocenters. The van der Waals surface area contributed by atoms with Crippen molar-refractivity contribution in [2.45, 2.75) is 138 Å². The Morgan fingerprint density at radius 1 is 0.724 bits per heavy atom. The van der Waals surface area contributed by atoms with Gasteiger partial charge in [-0.3, -0.25) is 4.79 Å². The van der Waals surface area contributed by atoms with Crippen LogP contribution < -0.4 is 0 Å². The Balaban J connectivity index is 0.000000200. The maximum atomic E-state index is 13.6. The van der Waals surface area contributed by atoms with Crippen LogP contribution in [0.15, 0.2) is 58.6 Å². The molecule has 2 aromatic carbocycles. The molecule has 58 heavy (non-hydrogen) atoms. The number of aldehydes is 1. The van der Waals surface area contributed by atoms with Gasteiger partial charge in [-0.1, -0.05) is 41.5 Å². The van der Waals surface area contributed by atoms with Crippen molar-refractivity contribution in [1.82, 2.24) is 28.3 Å². The number of carbonyl (C=O) groups is 1. The molecule has 316 valence electrons. The van der Waals surface area contributed by atoms with Gasteiger partial charge in [-0.05, 0) is 73.9 Å². The number of carbonyl (C=O) groups excluding carboxylic acids is 1. The summed E-state index contributed by atoms with van der Waals surface area (Å²) in [5.41, 5.74) is 2.20. The second-order valence-electron chi connectivity index (χ2n) is 17.7. The molecule has 3 heterocycles.